The number of anilines is 1. The number of benzene rings is 1. The number of aliphatic carboxylic acids is 1. The molecule has 29 heavy (non-hydrogen) atoms. The Hall–Kier alpha value is -2.24. The van der Waals surface area contributed by atoms with Crippen molar-refractivity contribution in [2.75, 3.05) is 31.6 Å². The number of para-hydroxylation sites is 1. The fourth-order valence-corrected chi connectivity index (χ4v) is 4.77. The molecule has 1 saturated carbocycles. The summed E-state index contributed by atoms with van der Waals surface area (Å²) in [6, 6.07) is 10.6. The maximum atomic E-state index is 12.8. The Bertz CT molecular complexity index is 661. The van der Waals surface area contributed by atoms with Gasteiger partial charge < -0.3 is 20.2 Å². The summed E-state index contributed by atoms with van der Waals surface area (Å²) in [5, 5.41) is 12.5. The topological polar surface area (TPSA) is 72.9 Å². The number of nitrogens with zero attached hydrogens (tertiary/aromatic N) is 2. The molecule has 2 atom stereocenters. The molecule has 0 bridgehead atoms. The van der Waals surface area contributed by atoms with Gasteiger partial charge in [0.05, 0.1) is 0 Å². The number of hydrogen-bond donors (Lipinski definition) is 2. The van der Waals surface area contributed by atoms with Crippen molar-refractivity contribution in [2.45, 2.75) is 57.4 Å². The highest BCUT2D eigenvalue weighted by atomic mass is 16.4. The minimum absolute atomic E-state index is 0.0343. The van der Waals surface area contributed by atoms with Crippen LogP contribution < -0.4 is 10.2 Å². The van der Waals surface area contributed by atoms with Crippen LogP contribution in [0.25, 0.3) is 0 Å². The Kier molecular flexibility index (Phi) is 7.78. The fourth-order valence-electron chi connectivity index (χ4n) is 4.77. The predicted octanol–water partition coefficient (Wildman–Crippen LogP) is 3.97. The van der Waals surface area contributed by atoms with Gasteiger partial charge in [0, 0.05) is 44.8 Å². The molecule has 6 nitrogen and oxygen atoms in total. The summed E-state index contributed by atoms with van der Waals surface area (Å²) in [7, 11) is 2.07. The zero-order valence-electron chi connectivity index (χ0n) is 17.6. The summed E-state index contributed by atoms with van der Waals surface area (Å²) in [5.41, 5.74) is 1.16. The molecule has 1 aromatic carbocycles. The van der Waals surface area contributed by atoms with E-state index in [-0.39, 0.29) is 24.3 Å². The third-order valence-corrected chi connectivity index (χ3v) is 6.58. The maximum absolute atomic E-state index is 12.8. The molecule has 2 aliphatic rings. The molecule has 0 radical (unpaired) electrons. The number of carboxylic acids is 1. The molecule has 3 rings (SSSR count). The van der Waals surface area contributed by atoms with E-state index in [9.17, 15) is 14.7 Å². The van der Waals surface area contributed by atoms with E-state index < -0.39 is 5.97 Å². The molecular formula is C23H35N3O3. The lowest BCUT2D eigenvalue weighted by molar-refractivity contribution is -0.139. The highest BCUT2D eigenvalue weighted by Crippen LogP contribution is 2.30. The second-order valence-corrected chi connectivity index (χ2v) is 8.68. The number of amides is 2. The van der Waals surface area contributed by atoms with Crippen molar-refractivity contribution < 1.29 is 14.7 Å². The number of piperidine rings is 1. The standard InChI is InChI=1S/C23H35N3O3/c1-25(21-10-6-3-7-11-21)14-12-19-17-26(15-13-18(19)16-22(27)28)23(29)24-20-8-4-2-5-9-20/h3,6-7,10-11,18-20H,2,4-5,8-9,12-17H2,1H3,(H,24,29)(H,27,28)/t18-,19+/m0/s1. The second-order valence-electron chi connectivity index (χ2n) is 8.68. The summed E-state index contributed by atoms with van der Waals surface area (Å²) in [6.07, 6.45) is 7.65. The van der Waals surface area contributed by atoms with Crippen LogP contribution in [-0.2, 0) is 4.79 Å². The van der Waals surface area contributed by atoms with E-state index in [1.54, 1.807) is 0 Å². The molecule has 1 aliphatic carbocycles. The summed E-state index contributed by atoms with van der Waals surface area (Å²) >= 11 is 0. The third-order valence-electron chi connectivity index (χ3n) is 6.58. The molecule has 6 heteroatoms. The molecular weight excluding hydrogens is 366 g/mol. The van der Waals surface area contributed by atoms with E-state index in [4.69, 9.17) is 0 Å². The van der Waals surface area contributed by atoms with E-state index >= 15 is 0 Å². The Balaban J connectivity index is 1.57. The van der Waals surface area contributed by atoms with Gasteiger partial charge in [0.15, 0.2) is 0 Å². The van der Waals surface area contributed by atoms with Gasteiger partial charge in [0.25, 0.3) is 0 Å². The van der Waals surface area contributed by atoms with E-state index in [1.165, 1.54) is 19.3 Å². The monoisotopic (exact) mass is 401 g/mol. The maximum Gasteiger partial charge on any atom is 0.317 e. The molecule has 2 fully saturated rings. The molecule has 0 spiro atoms. The fraction of sp³-hybridized carbons (Fsp3) is 0.652. The summed E-state index contributed by atoms with van der Waals surface area (Å²) < 4.78 is 0. The van der Waals surface area contributed by atoms with Gasteiger partial charge in [-0.05, 0) is 49.7 Å². The molecule has 0 unspecified atom stereocenters. The SMILES string of the molecule is CN(CC[C@@H]1CN(C(=O)NC2CCCCC2)CC[C@H]1CC(=O)O)c1ccccc1. The molecule has 1 aromatic rings. The van der Waals surface area contributed by atoms with E-state index in [2.05, 4.69) is 29.4 Å². The molecule has 1 aliphatic heterocycles. The van der Waals surface area contributed by atoms with Gasteiger partial charge in [-0.2, -0.15) is 0 Å². The number of carboxylic acid groups (broad SMARTS) is 1. The second kappa shape index (κ2) is 10.5. The van der Waals surface area contributed by atoms with Gasteiger partial charge in [-0.25, -0.2) is 4.79 Å². The van der Waals surface area contributed by atoms with E-state index in [0.717, 1.165) is 37.9 Å². The largest absolute Gasteiger partial charge is 0.481 e. The van der Waals surface area contributed by atoms with Crippen molar-refractivity contribution in [2.24, 2.45) is 11.8 Å². The van der Waals surface area contributed by atoms with Crippen LogP contribution in [0.5, 0.6) is 0 Å². The first-order valence-corrected chi connectivity index (χ1v) is 11.1. The van der Waals surface area contributed by atoms with Crippen molar-refractivity contribution in [1.82, 2.24) is 10.2 Å². The van der Waals surface area contributed by atoms with Crippen LogP contribution in [0.4, 0.5) is 10.5 Å². The first-order valence-electron chi connectivity index (χ1n) is 11.1. The van der Waals surface area contributed by atoms with Gasteiger partial charge >= 0.3 is 12.0 Å². The van der Waals surface area contributed by atoms with Crippen LogP contribution in [0.1, 0.15) is 51.4 Å². The number of urea groups is 1. The Morgan fingerprint density at radius 1 is 1.10 bits per heavy atom. The molecule has 1 saturated heterocycles. The van der Waals surface area contributed by atoms with Gasteiger partial charge in [-0.1, -0.05) is 37.5 Å². The average Bonchev–Trinajstić information content (AvgIpc) is 2.73. The average molecular weight is 402 g/mol. The molecule has 2 amide bonds. The smallest absolute Gasteiger partial charge is 0.317 e. The molecule has 1 heterocycles. The Labute approximate surface area is 174 Å². The van der Waals surface area contributed by atoms with Gasteiger partial charge in [0.2, 0.25) is 0 Å². The third kappa shape index (κ3) is 6.38. The minimum Gasteiger partial charge on any atom is -0.481 e. The number of carbonyl (C=O) groups excluding carboxylic acids is 1. The summed E-state index contributed by atoms with van der Waals surface area (Å²) in [5.74, 6) is -0.393. The first-order chi connectivity index (χ1) is 14.0. The molecule has 2 N–H and O–H groups in total. The van der Waals surface area contributed by atoms with Crippen molar-refractivity contribution in [3.63, 3.8) is 0 Å². The normalized spacial score (nSPS) is 22.9. The zero-order valence-corrected chi connectivity index (χ0v) is 17.6. The van der Waals surface area contributed by atoms with Crippen molar-refractivity contribution in [3.8, 4) is 0 Å². The van der Waals surface area contributed by atoms with E-state index in [1.807, 2.05) is 23.1 Å². The highest BCUT2D eigenvalue weighted by Gasteiger charge is 2.33. The van der Waals surface area contributed by atoms with Crippen molar-refractivity contribution in [3.05, 3.63) is 30.3 Å². The minimum atomic E-state index is -0.739. The van der Waals surface area contributed by atoms with Gasteiger partial charge in [-0.3, -0.25) is 4.79 Å². The van der Waals surface area contributed by atoms with Crippen LogP contribution in [0.3, 0.4) is 0 Å². The number of hydrogen-bond acceptors (Lipinski definition) is 3. The van der Waals surface area contributed by atoms with Crippen LogP contribution in [-0.4, -0.2) is 54.7 Å². The van der Waals surface area contributed by atoms with Gasteiger partial charge in [-0.15, -0.1) is 0 Å². The molecule has 160 valence electrons. The van der Waals surface area contributed by atoms with E-state index in [0.29, 0.717) is 19.1 Å². The highest BCUT2D eigenvalue weighted by molar-refractivity contribution is 5.74. The quantitative estimate of drug-likeness (QED) is 0.725. The molecule has 0 aromatic heterocycles. The van der Waals surface area contributed by atoms with Crippen LogP contribution in [0.2, 0.25) is 0 Å². The van der Waals surface area contributed by atoms with Gasteiger partial charge in [0.1, 0.15) is 0 Å². The van der Waals surface area contributed by atoms with Crippen molar-refractivity contribution in [1.29, 1.82) is 0 Å². The summed E-state index contributed by atoms with van der Waals surface area (Å²) in [6.45, 7) is 2.16. The lowest BCUT2D eigenvalue weighted by Crippen LogP contribution is -2.51. The Morgan fingerprint density at radius 3 is 2.52 bits per heavy atom. The lowest BCUT2D eigenvalue weighted by Gasteiger charge is -2.39. The number of carbonyl (C=O) groups is 2. The van der Waals surface area contributed by atoms with Crippen LogP contribution in [0.15, 0.2) is 30.3 Å². The van der Waals surface area contributed by atoms with Crippen molar-refractivity contribution >= 4 is 17.7 Å². The Morgan fingerprint density at radius 2 is 1.83 bits per heavy atom. The lowest BCUT2D eigenvalue weighted by atomic mass is 9.81. The zero-order chi connectivity index (χ0) is 20.6. The number of likely N-dealkylation sites (tertiary alicyclic amines) is 1. The number of nitrogens with one attached hydrogen (secondary N) is 1. The van der Waals surface area contributed by atoms with Crippen LogP contribution in [0, 0.1) is 11.8 Å². The number of rotatable bonds is 7. The predicted molar refractivity (Wildman–Crippen MR) is 115 cm³/mol. The van der Waals surface area contributed by atoms with Crippen LogP contribution >= 0.6 is 0 Å². The summed E-state index contributed by atoms with van der Waals surface area (Å²) in [4.78, 5) is 28.3. The first kappa shape index (κ1) is 21.5.